The van der Waals surface area contributed by atoms with E-state index in [0.29, 0.717) is 11.4 Å². The molecule has 4 rings (SSSR count). The molecule has 0 fully saturated rings. The Kier molecular flexibility index (Phi) is 4.22. The highest BCUT2D eigenvalue weighted by Crippen LogP contribution is 2.33. The van der Waals surface area contributed by atoms with Crippen molar-refractivity contribution in [2.75, 3.05) is 4.90 Å². The van der Waals surface area contributed by atoms with Gasteiger partial charge in [-0.2, -0.15) is 0 Å². The summed E-state index contributed by atoms with van der Waals surface area (Å²) in [5, 5.41) is 0.288. The predicted octanol–water partition coefficient (Wildman–Crippen LogP) is 4.36. The summed E-state index contributed by atoms with van der Waals surface area (Å²) < 4.78 is 5.28. The van der Waals surface area contributed by atoms with Gasteiger partial charge < -0.3 is 4.74 Å². The molecule has 3 aromatic rings. The Morgan fingerprint density at radius 3 is 2.22 bits per heavy atom. The Bertz CT molecular complexity index is 1080. The fourth-order valence-electron chi connectivity index (χ4n) is 2.87. The van der Waals surface area contributed by atoms with Crippen LogP contribution in [0.1, 0.15) is 31.1 Å². The molecule has 0 radical (unpaired) electrons. The van der Waals surface area contributed by atoms with Gasteiger partial charge in [-0.15, -0.1) is 0 Å². The Labute approximate surface area is 159 Å². The highest BCUT2D eigenvalue weighted by atomic mass is 35.5. The van der Waals surface area contributed by atoms with Crippen molar-refractivity contribution < 1.29 is 19.1 Å². The van der Waals surface area contributed by atoms with Crippen molar-refractivity contribution in [3.05, 3.63) is 94.5 Å². The second-order valence-electron chi connectivity index (χ2n) is 5.86. The second-order valence-corrected chi connectivity index (χ2v) is 6.27. The van der Waals surface area contributed by atoms with Crippen molar-refractivity contribution in [3.63, 3.8) is 0 Å². The minimum absolute atomic E-state index is 0.141. The molecule has 1 aliphatic rings. The van der Waals surface area contributed by atoms with Gasteiger partial charge in [0.15, 0.2) is 0 Å². The van der Waals surface area contributed by atoms with Crippen LogP contribution in [0.4, 0.5) is 5.69 Å². The lowest BCUT2D eigenvalue weighted by molar-refractivity contribution is 0.0734. The molecular formula is C21H12ClNO4. The number of esters is 1. The summed E-state index contributed by atoms with van der Waals surface area (Å²) in [6.45, 7) is 0. The fraction of sp³-hybridized carbons (Fsp3) is 0. The number of halogens is 1. The number of hydrogen-bond acceptors (Lipinski definition) is 4. The van der Waals surface area contributed by atoms with Crippen LogP contribution in [0.5, 0.6) is 5.75 Å². The van der Waals surface area contributed by atoms with Gasteiger partial charge in [0.05, 0.1) is 27.4 Å². The molecule has 0 saturated heterocycles. The number of carbonyl (C=O) groups is 3. The van der Waals surface area contributed by atoms with Gasteiger partial charge in [0.25, 0.3) is 11.8 Å². The summed E-state index contributed by atoms with van der Waals surface area (Å²) in [5.41, 5.74) is 0.845. The number of imide groups is 1. The van der Waals surface area contributed by atoms with E-state index in [2.05, 4.69) is 0 Å². The van der Waals surface area contributed by atoms with Crippen LogP contribution < -0.4 is 9.64 Å². The van der Waals surface area contributed by atoms with Gasteiger partial charge in [-0.3, -0.25) is 9.59 Å². The molecule has 0 spiro atoms. The van der Waals surface area contributed by atoms with Crippen LogP contribution in [0.15, 0.2) is 72.8 Å². The molecule has 0 aromatic heterocycles. The van der Waals surface area contributed by atoms with Crippen LogP contribution in [0.3, 0.4) is 0 Å². The molecule has 0 unspecified atom stereocenters. The van der Waals surface area contributed by atoms with Crippen LogP contribution in [0.2, 0.25) is 5.02 Å². The van der Waals surface area contributed by atoms with Crippen LogP contribution in [0.25, 0.3) is 0 Å². The SMILES string of the molecule is O=C(Oc1ccccc1)c1ccc2c(c1)C(=O)N(c1ccccc1Cl)C2=O. The zero-order valence-electron chi connectivity index (χ0n) is 13.9. The number of anilines is 1. The maximum atomic E-state index is 12.8. The third kappa shape index (κ3) is 2.98. The first kappa shape index (κ1) is 17.0. The lowest BCUT2D eigenvalue weighted by atomic mass is 10.1. The monoisotopic (exact) mass is 377 g/mol. The minimum atomic E-state index is -0.611. The second kappa shape index (κ2) is 6.70. The molecule has 0 aliphatic carbocycles. The molecule has 27 heavy (non-hydrogen) atoms. The third-order valence-electron chi connectivity index (χ3n) is 4.17. The van der Waals surface area contributed by atoms with E-state index in [1.807, 2.05) is 0 Å². The lowest BCUT2D eigenvalue weighted by Crippen LogP contribution is -2.29. The van der Waals surface area contributed by atoms with Gasteiger partial charge in [-0.05, 0) is 42.5 Å². The van der Waals surface area contributed by atoms with E-state index < -0.39 is 17.8 Å². The number of nitrogens with zero attached hydrogens (tertiary/aromatic N) is 1. The maximum absolute atomic E-state index is 12.8. The number of amides is 2. The topological polar surface area (TPSA) is 63.7 Å². The Morgan fingerprint density at radius 2 is 1.48 bits per heavy atom. The summed E-state index contributed by atoms with van der Waals surface area (Å²) in [6.07, 6.45) is 0. The van der Waals surface area contributed by atoms with Crippen molar-refractivity contribution in [2.24, 2.45) is 0 Å². The summed E-state index contributed by atoms with van der Waals surface area (Å²) in [5.74, 6) is -1.23. The van der Waals surface area contributed by atoms with Crippen LogP contribution >= 0.6 is 11.6 Å². The first-order chi connectivity index (χ1) is 13.1. The highest BCUT2D eigenvalue weighted by Gasteiger charge is 2.38. The molecular weight excluding hydrogens is 366 g/mol. The van der Waals surface area contributed by atoms with Crippen LogP contribution in [-0.2, 0) is 0 Å². The summed E-state index contributed by atoms with van der Waals surface area (Å²) in [7, 11) is 0. The van der Waals surface area contributed by atoms with Gasteiger partial charge in [0.1, 0.15) is 5.75 Å². The fourth-order valence-corrected chi connectivity index (χ4v) is 3.09. The Balaban J connectivity index is 1.67. The zero-order chi connectivity index (χ0) is 19.0. The van der Waals surface area contributed by atoms with Crippen molar-refractivity contribution in [3.8, 4) is 5.75 Å². The standard InChI is InChI=1S/C21H12ClNO4/c22-17-8-4-5-9-18(17)23-19(24)15-11-10-13(12-16(15)20(23)25)21(26)27-14-6-2-1-3-7-14/h1-12H. The molecule has 0 atom stereocenters. The third-order valence-corrected chi connectivity index (χ3v) is 4.49. The molecule has 1 aliphatic heterocycles. The smallest absolute Gasteiger partial charge is 0.343 e. The quantitative estimate of drug-likeness (QED) is 0.386. The van der Waals surface area contributed by atoms with E-state index in [1.54, 1.807) is 54.6 Å². The number of para-hydroxylation sites is 2. The first-order valence-corrected chi connectivity index (χ1v) is 8.48. The zero-order valence-corrected chi connectivity index (χ0v) is 14.6. The summed E-state index contributed by atoms with van der Waals surface area (Å²) in [6, 6.07) is 19.5. The molecule has 132 valence electrons. The number of fused-ring (bicyclic) bond motifs is 1. The van der Waals surface area contributed by atoms with Crippen molar-refractivity contribution in [1.29, 1.82) is 0 Å². The number of hydrogen-bond donors (Lipinski definition) is 0. The molecule has 0 bridgehead atoms. The van der Waals surface area contributed by atoms with Gasteiger partial charge >= 0.3 is 5.97 Å². The average molecular weight is 378 g/mol. The number of benzene rings is 3. The molecule has 0 saturated carbocycles. The van der Waals surface area contributed by atoms with E-state index in [9.17, 15) is 14.4 Å². The highest BCUT2D eigenvalue weighted by molar-refractivity contribution is 6.39. The van der Waals surface area contributed by atoms with Gasteiger partial charge in [-0.25, -0.2) is 9.69 Å². The molecule has 6 heteroatoms. The van der Waals surface area contributed by atoms with Gasteiger partial charge in [0.2, 0.25) is 0 Å². The molecule has 0 N–H and O–H groups in total. The van der Waals surface area contributed by atoms with E-state index in [0.717, 1.165) is 4.90 Å². The lowest BCUT2D eigenvalue weighted by Gasteiger charge is -2.15. The van der Waals surface area contributed by atoms with E-state index in [1.165, 1.54) is 18.2 Å². The molecule has 3 aromatic carbocycles. The van der Waals surface area contributed by atoms with Crippen molar-refractivity contribution >= 4 is 35.1 Å². The minimum Gasteiger partial charge on any atom is -0.423 e. The van der Waals surface area contributed by atoms with Crippen molar-refractivity contribution in [2.45, 2.75) is 0 Å². The summed E-state index contributed by atoms with van der Waals surface area (Å²) >= 11 is 6.13. The van der Waals surface area contributed by atoms with Gasteiger partial charge in [0, 0.05) is 0 Å². The van der Waals surface area contributed by atoms with Gasteiger partial charge in [-0.1, -0.05) is 41.9 Å². The predicted molar refractivity (Wildman–Crippen MR) is 100 cm³/mol. The Morgan fingerprint density at radius 1 is 0.815 bits per heavy atom. The normalized spacial score (nSPS) is 12.9. The first-order valence-electron chi connectivity index (χ1n) is 8.11. The number of rotatable bonds is 3. The van der Waals surface area contributed by atoms with Crippen LogP contribution in [0, 0.1) is 0 Å². The van der Waals surface area contributed by atoms with Crippen LogP contribution in [-0.4, -0.2) is 17.8 Å². The maximum Gasteiger partial charge on any atom is 0.343 e. The molecule has 2 amide bonds. The van der Waals surface area contributed by atoms with E-state index in [-0.39, 0.29) is 21.7 Å². The van der Waals surface area contributed by atoms with E-state index in [4.69, 9.17) is 16.3 Å². The largest absolute Gasteiger partial charge is 0.423 e. The average Bonchev–Trinajstić information content (AvgIpc) is 2.93. The molecule has 1 heterocycles. The molecule has 5 nitrogen and oxygen atoms in total. The van der Waals surface area contributed by atoms with E-state index >= 15 is 0 Å². The Hall–Kier alpha value is -3.44. The summed E-state index contributed by atoms with van der Waals surface area (Å²) in [4.78, 5) is 38.8. The number of carbonyl (C=O) groups excluding carboxylic acids is 3. The van der Waals surface area contributed by atoms with Crippen molar-refractivity contribution in [1.82, 2.24) is 0 Å². The number of ether oxygens (including phenoxy) is 1.